The first-order valence-electron chi connectivity index (χ1n) is 3.94. The Hall–Kier alpha value is -0.610. The van der Waals surface area contributed by atoms with Crippen molar-refractivity contribution in [2.24, 2.45) is 5.16 Å². The molecule has 0 bridgehead atoms. The molecule has 0 aromatic carbocycles. The average molecular weight is 191 g/mol. The second-order valence-corrected chi connectivity index (χ2v) is 2.53. The van der Waals surface area contributed by atoms with Gasteiger partial charge in [-0.3, -0.25) is 0 Å². The molecule has 80 valence electrons. The van der Waals surface area contributed by atoms with E-state index in [1.807, 2.05) is 20.8 Å². The van der Waals surface area contributed by atoms with E-state index in [0.29, 0.717) is 0 Å². The van der Waals surface area contributed by atoms with E-state index < -0.39 is 0 Å². The maximum absolute atomic E-state index is 4.93. The highest BCUT2D eigenvalue weighted by atomic mass is 16.7. The van der Waals surface area contributed by atoms with Crippen LogP contribution in [-0.4, -0.2) is 32.3 Å². The van der Waals surface area contributed by atoms with Crippen molar-refractivity contribution >= 4 is 5.71 Å². The van der Waals surface area contributed by atoms with E-state index in [1.54, 1.807) is 0 Å². The topological polar surface area (TPSA) is 40.0 Å². The van der Waals surface area contributed by atoms with E-state index in [1.165, 1.54) is 7.11 Å². The Balaban J connectivity index is 0. The molecule has 0 unspecified atom stereocenters. The first kappa shape index (κ1) is 14.9. The van der Waals surface area contributed by atoms with E-state index >= 15 is 0 Å². The Kier molecular flexibility index (Phi) is 10.9. The van der Waals surface area contributed by atoms with Crippen molar-refractivity contribution in [3.05, 3.63) is 0 Å². The van der Waals surface area contributed by atoms with Crippen LogP contribution >= 0.6 is 0 Å². The van der Waals surface area contributed by atoms with Crippen LogP contribution < -0.4 is 0 Å². The van der Waals surface area contributed by atoms with Gasteiger partial charge in [-0.2, -0.15) is 0 Å². The van der Waals surface area contributed by atoms with Gasteiger partial charge in [-0.1, -0.05) is 12.6 Å². The summed E-state index contributed by atoms with van der Waals surface area (Å²) in [6.45, 7) is 7.18. The molecule has 13 heavy (non-hydrogen) atoms. The van der Waals surface area contributed by atoms with Crippen LogP contribution in [0.25, 0.3) is 0 Å². The van der Waals surface area contributed by atoms with Crippen LogP contribution in [0.2, 0.25) is 0 Å². The van der Waals surface area contributed by atoms with Gasteiger partial charge in [-0.25, -0.2) is 0 Å². The van der Waals surface area contributed by atoms with Crippen LogP contribution in [-0.2, 0) is 14.3 Å². The molecule has 0 atom stereocenters. The minimum Gasteiger partial charge on any atom is -0.399 e. The molecule has 1 heterocycles. The van der Waals surface area contributed by atoms with Gasteiger partial charge in [0.2, 0.25) is 0 Å². The van der Waals surface area contributed by atoms with Gasteiger partial charge in [-0.05, 0) is 20.8 Å². The fourth-order valence-corrected chi connectivity index (χ4v) is 0.659. The van der Waals surface area contributed by atoms with Crippen LogP contribution in [0.5, 0.6) is 0 Å². The summed E-state index contributed by atoms with van der Waals surface area (Å²) in [5, 5.41) is 3.54. The van der Waals surface area contributed by atoms with Crippen LogP contribution in [0, 0.1) is 0 Å². The molecule has 1 saturated heterocycles. The third-order valence-electron chi connectivity index (χ3n) is 1.06. The third-order valence-corrected chi connectivity index (χ3v) is 1.06. The number of hydrogen-bond donors (Lipinski definition) is 0. The van der Waals surface area contributed by atoms with Gasteiger partial charge in [0, 0.05) is 0 Å². The lowest BCUT2D eigenvalue weighted by molar-refractivity contribution is -0.0254. The Bertz CT molecular complexity index is 127. The summed E-state index contributed by atoms with van der Waals surface area (Å²) >= 11 is 0. The summed E-state index contributed by atoms with van der Waals surface area (Å²) in [7, 11) is 1.53. The number of hydrogen-bond acceptors (Lipinski definition) is 4. The van der Waals surface area contributed by atoms with E-state index in [-0.39, 0.29) is 13.7 Å². The molecule has 0 aromatic heterocycles. The maximum atomic E-state index is 4.93. The Morgan fingerprint density at radius 3 is 1.85 bits per heavy atom. The van der Waals surface area contributed by atoms with Gasteiger partial charge < -0.3 is 14.3 Å². The van der Waals surface area contributed by atoms with Crippen molar-refractivity contribution in [1.29, 1.82) is 0 Å². The summed E-state index contributed by atoms with van der Waals surface area (Å²) in [5.41, 5.74) is 0.942. The predicted octanol–water partition coefficient (Wildman–Crippen LogP) is 2.04. The van der Waals surface area contributed by atoms with Crippen molar-refractivity contribution in [1.82, 2.24) is 0 Å². The molecule has 0 aliphatic carbocycles. The summed E-state index contributed by atoms with van der Waals surface area (Å²) in [6, 6.07) is 0. The molecule has 0 saturated carbocycles. The molecule has 0 amide bonds. The van der Waals surface area contributed by atoms with Crippen LogP contribution in [0.1, 0.15) is 28.2 Å². The number of nitrogens with zero attached hydrogens (tertiary/aromatic N) is 1. The van der Waals surface area contributed by atoms with E-state index in [4.69, 9.17) is 9.47 Å². The van der Waals surface area contributed by atoms with Crippen LogP contribution in [0.3, 0.4) is 0 Å². The first-order chi connectivity index (χ1) is 5.66. The van der Waals surface area contributed by atoms with Gasteiger partial charge in [0.25, 0.3) is 0 Å². The van der Waals surface area contributed by atoms with E-state index in [2.05, 4.69) is 9.99 Å². The molecule has 0 spiro atoms. The van der Waals surface area contributed by atoms with Crippen molar-refractivity contribution in [3.63, 3.8) is 0 Å². The second kappa shape index (κ2) is 9.48. The molecule has 0 N–H and O–H groups in total. The zero-order chi connectivity index (χ0) is 9.40. The highest BCUT2D eigenvalue weighted by Gasteiger charge is 2.07. The smallest absolute Gasteiger partial charge is 0.155 e. The molecule has 4 heteroatoms. The molecular weight excluding hydrogens is 170 g/mol. The van der Waals surface area contributed by atoms with E-state index in [0.717, 1.165) is 18.9 Å². The van der Waals surface area contributed by atoms with Crippen molar-refractivity contribution in [2.45, 2.75) is 34.5 Å². The monoisotopic (exact) mass is 191 g/mol. The fourth-order valence-electron chi connectivity index (χ4n) is 0.659. The lowest BCUT2D eigenvalue weighted by Gasteiger charge is -1.94. The van der Waals surface area contributed by atoms with Crippen molar-refractivity contribution in [3.8, 4) is 0 Å². The van der Waals surface area contributed by atoms with Gasteiger partial charge >= 0.3 is 0 Å². The lowest BCUT2D eigenvalue weighted by Crippen LogP contribution is -1.97. The fraction of sp³-hybridized carbons (Fsp3) is 0.889. The van der Waals surface area contributed by atoms with Gasteiger partial charge in [0.05, 0.1) is 18.9 Å². The highest BCUT2D eigenvalue weighted by molar-refractivity contribution is 5.78. The molecule has 0 aromatic rings. The van der Waals surface area contributed by atoms with Crippen molar-refractivity contribution < 1.29 is 14.3 Å². The minimum absolute atomic E-state index is 0. The predicted molar refractivity (Wildman–Crippen MR) is 53.9 cm³/mol. The molecule has 1 fully saturated rings. The third kappa shape index (κ3) is 11.4. The average Bonchev–Trinajstić information content (AvgIpc) is 2.40. The normalized spacial score (nSPS) is 15.1. The Morgan fingerprint density at radius 2 is 1.77 bits per heavy atom. The highest BCUT2D eigenvalue weighted by Crippen LogP contribution is 1.99. The van der Waals surface area contributed by atoms with Gasteiger partial charge in [0.15, 0.2) is 6.29 Å². The Morgan fingerprint density at radius 1 is 1.31 bits per heavy atom. The van der Waals surface area contributed by atoms with Crippen molar-refractivity contribution in [2.75, 3.05) is 20.3 Å². The minimum atomic E-state index is 0. The lowest BCUT2D eigenvalue weighted by atomic mass is 10.5. The standard InChI is InChI=1S/C4H9NO.C4H8O2.CH4/c1-4(2)5-6-3;1-4-5-2-3-6-4;/h1-3H3;4H,2-3H2,1H3;1H4. The molecular formula is C9H21NO3. The zero-order valence-electron chi connectivity index (χ0n) is 8.16. The van der Waals surface area contributed by atoms with E-state index in [9.17, 15) is 0 Å². The van der Waals surface area contributed by atoms with Crippen LogP contribution in [0.4, 0.5) is 0 Å². The Labute approximate surface area is 80.9 Å². The number of oxime groups is 1. The maximum Gasteiger partial charge on any atom is 0.155 e. The number of ether oxygens (including phenoxy) is 2. The summed E-state index contributed by atoms with van der Waals surface area (Å²) < 4.78 is 9.86. The summed E-state index contributed by atoms with van der Waals surface area (Å²) in [4.78, 5) is 4.39. The summed E-state index contributed by atoms with van der Waals surface area (Å²) in [6.07, 6.45) is 0.0463. The summed E-state index contributed by atoms with van der Waals surface area (Å²) in [5.74, 6) is 0. The molecule has 1 aliphatic heterocycles. The zero-order valence-corrected chi connectivity index (χ0v) is 8.16. The van der Waals surface area contributed by atoms with Gasteiger partial charge in [0.1, 0.15) is 7.11 Å². The molecule has 0 radical (unpaired) electrons. The second-order valence-electron chi connectivity index (χ2n) is 2.53. The van der Waals surface area contributed by atoms with Crippen LogP contribution in [0.15, 0.2) is 5.16 Å². The molecule has 1 rings (SSSR count). The SMILES string of the molecule is C.CC1OCCO1.CON=C(C)C. The largest absolute Gasteiger partial charge is 0.399 e. The number of rotatable bonds is 1. The molecule has 4 nitrogen and oxygen atoms in total. The molecule has 1 aliphatic rings. The quantitative estimate of drug-likeness (QED) is 0.470. The van der Waals surface area contributed by atoms with Gasteiger partial charge in [-0.15, -0.1) is 0 Å². The first-order valence-corrected chi connectivity index (χ1v) is 3.94.